The highest BCUT2D eigenvalue weighted by atomic mass is 32.1. The summed E-state index contributed by atoms with van der Waals surface area (Å²) < 4.78 is 9.52. The van der Waals surface area contributed by atoms with E-state index in [0.717, 1.165) is 71.8 Å². The van der Waals surface area contributed by atoms with Crippen LogP contribution in [0.5, 0.6) is 0 Å². The van der Waals surface area contributed by atoms with Crippen LogP contribution in [0.15, 0.2) is 36.5 Å². The number of rotatable bonds is 12. The van der Waals surface area contributed by atoms with Crippen molar-refractivity contribution in [3.8, 4) is 10.6 Å². The van der Waals surface area contributed by atoms with E-state index in [4.69, 9.17) is 14.5 Å². The predicted molar refractivity (Wildman–Crippen MR) is 243 cm³/mol. The Hall–Kier alpha value is -3.52. The monoisotopic (exact) mass is 882 g/mol. The first-order chi connectivity index (χ1) is 25.5. The fourth-order valence-electron chi connectivity index (χ4n) is 7.33. The van der Waals surface area contributed by atoms with Crippen molar-refractivity contribution in [2.45, 2.75) is 90.4 Å². The molecule has 0 radical (unpaired) electrons. The number of nitrogens with one attached hydrogen (secondary N) is 4. The van der Waals surface area contributed by atoms with Gasteiger partial charge in [0.15, 0.2) is 0 Å². The van der Waals surface area contributed by atoms with Crippen LogP contribution in [0.25, 0.3) is 21.6 Å². The van der Waals surface area contributed by atoms with Crippen LogP contribution in [0.3, 0.4) is 0 Å². The van der Waals surface area contributed by atoms with Gasteiger partial charge in [0, 0.05) is 18.0 Å². The van der Waals surface area contributed by atoms with Crippen LogP contribution >= 0.6 is 65.3 Å². The van der Waals surface area contributed by atoms with Gasteiger partial charge in [0.05, 0.1) is 54.1 Å². The molecule has 2 aliphatic rings. The number of hydrogen-bond donors (Lipinski definition) is 4. The number of fused-ring (bicyclic) bond motifs is 1. The van der Waals surface area contributed by atoms with Crippen LogP contribution in [0, 0.1) is 11.8 Å². The van der Waals surface area contributed by atoms with Crippen LogP contribution in [-0.4, -0.2) is 93.1 Å². The van der Waals surface area contributed by atoms with Crippen molar-refractivity contribution in [1.82, 2.24) is 40.4 Å². The molecule has 14 nitrogen and oxygen atoms in total. The van der Waals surface area contributed by atoms with Crippen LogP contribution in [0.4, 0.5) is 9.59 Å². The number of benzene rings is 1. The number of amides is 4. The average molecular weight is 883 g/mol. The van der Waals surface area contributed by atoms with Gasteiger partial charge in [0.25, 0.3) is 0 Å². The third-order valence-corrected chi connectivity index (χ3v) is 11.4. The average Bonchev–Trinajstić information content (AvgIpc) is 3.98. The minimum Gasteiger partial charge on any atom is -0.453 e. The topological polar surface area (TPSA) is 175 Å². The number of hydrogen-bond acceptors (Lipinski definition) is 9. The number of carbonyl (C=O) groups excluding carboxylic acids is 4. The van der Waals surface area contributed by atoms with Crippen LogP contribution in [0.2, 0.25) is 0 Å². The molecule has 0 saturated carbocycles. The highest BCUT2D eigenvalue weighted by molar-refractivity contribution is 7.59. The molecule has 2 aliphatic heterocycles. The van der Waals surface area contributed by atoms with Crippen molar-refractivity contribution in [3.63, 3.8) is 0 Å². The highest BCUT2D eigenvalue weighted by Crippen LogP contribution is 2.35. The molecule has 0 bridgehead atoms. The van der Waals surface area contributed by atoms with E-state index >= 15 is 0 Å². The molecule has 2 saturated heterocycles. The van der Waals surface area contributed by atoms with E-state index in [9.17, 15) is 19.2 Å². The van der Waals surface area contributed by atoms with Gasteiger partial charge in [-0.15, -0.1) is 11.3 Å². The number of nitrogens with zero attached hydrogens (tertiary/aromatic N) is 4. The first-order valence-corrected chi connectivity index (χ1v) is 19.2. The molecule has 0 unspecified atom stereocenters. The van der Waals surface area contributed by atoms with Crippen molar-refractivity contribution in [2.24, 2.45) is 11.8 Å². The normalized spacial score (nSPS) is 17.2. The van der Waals surface area contributed by atoms with E-state index in [1.54, 1.807) is 11.3 Å². The number of aromatic nitrogens is 4. The van der Waals surface area contributed by atoms with Crippen molar-refractivity contribution in [3.05, 3.63) is 58.6 Å². The van der Waals surface area contributed by atoms with E-state index in [0.29, 0.717) is 13.1 Å². The second-order valence-electron chi connectivity index (χ2n) is 14.5. The minimum atomic E-state index is -0.679. The standard InChI is InChI=1S/C38H50N8O6S.4H2S/c1-21(2)31(43-37(49)51-5)35(47)45-17-7-9-28(45)33-39-20-27(42-33)30-16-14-24(53-30)13-11-23-12-15-25-26(19-23)41-34(40-25)29-10-8-18-46(29)36(48)32(22(3)4)44-38(50)52-6;;;;/h12,14-16,19-22,28-29,31-32H,7-11,13,17-18H2,1-6H3,(H,39,42)(H,40,41)(H,43,49)(H,44,50);4*1H2/t28-,29-,31-,32-;;;;/m0..../s1. The van der Waals surface area contributed by atoms with E-state index in [1.807, 2.05) is 49.8 Å². The number of likely N-dealkylation sites (tertiary alicyclic amines) is 2. The Morgan fingerprint density at radius 3 is 1.89 bits per heavy atom. The fraction of sp³-hybridized carbons (Fsp3) is 0.526. The maximum absolute atomic E-state index is 13.6. The van der Waals surface area contributed by atoms with Gasteiger partial charge in [-0.05, 0) is 80.2 Å². The van der Waals surface area contributed by atoms with Crippen molar-refractivity contribution in [2.75, 3.05) is 27.3 Å². The number of carbonyl (C=O) groups is 4. The molecule has 4 atom stereocenters. The molecule has 0 aliphatic carbocycles. The number of methoxy groups -OCH3 is 2. The number of alkyl carbamates (subject to hydrolysis) is 2. The van der Waals surface area contributed by atoms with Gasteiger partial charge >= 0.3 is 12.2 Å². The Morgan fingerprint density at radius 2 is 1.35 bits per heavy atom. The minimum absolute atomic E-state index is 0. The van der Waals surface area contributed by atoms with Crippen LogP contribution in [-0.2, 0) is 31.9 Å². The van der Waals surface area contributed by atoms with Crippen LogP contribution in [0.1, 0.15) is 87.6 Å². The molecule has 4 aromatic rings. The van der Waals surface area contributed by atoms with Gasteiger partial charge in [-0.3, -0.25) is 9.59 Å². The van der Waals surface area contributed by atoms with Crippen LogP contribution < -0.4 is 10.6 Å². The third-order valence-electron chi connectivity index (χ3n) is 10.2. The first-order valence-electron chi connectivity index (χ1n) is 18.4. The molecule has 2 fully saturated rings. The van der Waals surface area contributed by atoms with Gasteiger partial charge in [-0.25, -0.2) is 19.6 Å². The molecule has 5 heterocycles. The molecular formula is C38H58N8O6S5. The zero-order valence-corrected chi connectivity index (χ0v) is 38.0. The second-order valence-corrected chi connectivity index (χ2v) is 15.7. The largest absolute Gasteiger partial charge is 0.453 e. The molecule has 4 N–H and O–H groups in total. The molecular weight excluding hydrogens is 825 g/mol. The Balaban J connectivity index is 0.00000280. The smallest absolute Gasteiger partial charge is 0.407 e. The summed E-state index contributed by atoms with van der Waals surface area (Å²) in [6, 6.07) is 8.79. The third kappa shape index (κ3) is 11.4. The summed E-state index contributed by atoms with van der Waals surface area (Å²) in [5.74, 6) is 1.05. The maximum Gasteiger partial charge on any atom is 0.407 e. The Kier molecular flexibility index (Phi) is 19.2. The lowest BCUT2D eigenvalue weighted by molar-refractivity contribution is -0.136. The Morgan fingerprint density at radius 1 is 0.789 bits per heavy atom. The molecule has 19 heteroatoms. The molecule has 57 heavy (non-hydrogen) atoms. The molecule has 6 rings (SSSR count). The number of aromatic amines is 2. The van der Waals surface area contributed by atoms with Gasteiger partial charge in [0.2, 0.25) is 11.8 Å². The molecule has 1 aromatic carbocycles. The lowest BCUT2D eigenvalue weighted by Gasteiger charge is -2.30. The summed E-state index contributed by atoms with van der Waals surface area (Å²) in [5.41, 5.74) is 3.88. The summed E-state index contributed by atoms with van der Waals surface area (Å²) in [4.78, 5) is 73.4. The molecule has 4 amide bonds. The summed E-state index contributed by atoms with van der Waals surface area (Å²) in [6.45, 7) is 8.83. The number of imidazole rings is 2. The molecule has 316 valence electrons. The van der Waals surface area contributed by atoms with Gasteiger partial charge in [-0.1, -0.05) is 33.8 Å². The van der Waals surface area contributed by atoms with E-state index in [2.05, 4.69) is 49.9 Å². The molecule has 3 aromatic heterocycles. The van der Waals surface area contributed by atoms with E-state index < -0.39 is 24.3 Å². The fourth-order valence-corrected chi connectivity index (χ4v) is 8.30. The Bertz CT molecular complexity index is 1950. The quantitative estimate of drug-likeness (QED) is 0.128. The zero-order chi connectivity index (χ0) is 37.8. The summed E-state index contributed by atoms with van der Waals surface area (Å²) in [6.07, 6.45) is 5.61. The van der Waals surface area contributed by atoms with Crippen molar-refractivity contribution >= 4 is 100 Å². The van der Waals surface area contributed by atoms with Gasteiger partial charge in [-0.2, -0.15) is 54.0 Å². The summed E-state index contributed by atoms with van der Waals surface area (Å²) >= 11 is 1.72. The lowest BCUT2D eigenvalue weighted by atomic mass is 10.0. The van der Waals surface area contributed by atoms with E-state index in [-0.39, 0.29) is 89.7 Å². The number of aryl methyl sites for hydroxylation is 2. The van der Waals surface area contributed by atoms with E-state index in [1.165, 1.54) is 24.7 Å². The first kappa shape index (κ1) is 49.6. The number of thiophene rings is 1. The highest BCUT2D eigenvalue weighted by Gasteiger charge is 2.39. The lowest BCUT2D eigenvalue weighted by Crippen LogP contribution is -2.51. The maximum atomic E-state index is 13.6. The second kappa shape index (κ2) is 22.0. The van der Waals surface area contributed by atoms with Crippen molar-refractivity contribution in [1.29, 1.82) is 0 Å². The molecule has 0 spiro atoms. The number of H-pyrrole nitrogens is 2. The van der Waals surface area contributed by atoms with Crippen molar-refractivity contribution < 1.29 is 28.7 Å². The van der Waals surface area contributed by atoms with Gasteiger partial charge in [0.1, 0.15) is 23.7 Å². The SMILES string of the molecule is COC(=O)N[C@H](C(=O)N1CCC[C@H]1c1ncc(-c2ccc(CCc3ccc4nc([C@@H]5CCCN5C(=O)[C@@H](NC(=O)OC)C(C)C)[nH]c4c3)s2)[nH]1)C(C)C.S.S.S.S. The Labute approximate surface area is 366 Å². The number of ether oxygens (including phenoxy) is 2. The van der Waals surface area contributed by atoms with Gasteiger partial charge < -0.3 is 39.9 Å². The zero-order valence-electron chi connectivity index (χ0n) is 33.2. The predicted octanol–water partition coefficient (Wildman–Crippen LogP) is 6.34. The summed E-state index contributed by atoms with van der Waals surface area (Å²) in [7, 11) is 2.59. The summed E-state index contributed by atoms with van der Waals surface area (Å²) in [5, 5.41) is 5.40.